The Morgan fingerprint density at radius 1 is 1.50 bits per heavy atom. The van der Waals surface area contributed by atoms with E-state index in [9.17, 15) is 4.79 Å². The third-order valence-corrected chi connectivity index (χ3v) is 3.84. The lowest BCUT2D eigenvalue weighted by Crippen LogP contribution is -2.47. The molecule has 1 amide bonds. The Hall–Kier alpha value is -1.26. The zero-order chi connectivity index (χ0) is 12.7. The van der Waals surface area contributed by atoms with Gasteiger partial charge in [-0.3, -0.25) is 4.90 Å². The predicted octanol–water partition coefficient (Wildman–Crippen LogP) is 2.34. The maximum atomic E-state index is 12.0. The number of carbonyl (C=O) groups is 1. The predicted molar refractivity (Wildman–Crippen MR) is 70.2 cm³/mol. The van der Waals surface area contributed by atoms with Crippen LogP contribution in [0, 0.1) is 6.92 Å². The van der Waals surface area contributed by atoms with Crippen LogP contribution in [0.1, 0.15) is 12.0 Å². The molecule has 1 aromatic rings. The summed E-state index contributed by atoms with van der Waals surface area (Å²) >= 11 is 6.03. The Morgan fingerprint density at radius 2 is 2.33 bits per heavy atom. The van der Waals surface area contributed by atoms with Crippen LogP contribution < -0.4 is 10.2 Å². The van der Waals surface area contributed by atoms with Crippen molar-refractivity contribution in [1.82, 2.24) is 5.32 Å². The van der Waals surface area contributed by atoms with Crippen LogP contribution in [0.5, 0.6) is 0 Å². The number of ether oxygens (including phenoxy) is 1. The van der Waals surface area contributed by atoms with Crippen LogP contribution in [0.25, 0.3) is 0 Å². The highest BCUT2D eigenvalue weighted by atomic mass is 35.5. The van der Waals surface area contributed by atoms with Gasteiger partial charge in [0.05, 0.1) is 11.7 Å². The molecule has 0 spiro atoms. The third-order valence-electron chi connectivity index (χ3n) is 3.60. The highest BCUT2D eigenvalue weighted by Gasteiger charge is 2.44. The number of halogens is 1. The second kappa shape index (κ2) is 4.44. The number of nitrogens with zero attached hydrogens (tertiary/aromatic N) is 1. The van der Waals surface area contributed by atoms with Crippen molar-refractivity contribution in [2.24, 2.45) is 0 Å². The zero-order valence-electron chi connectivity index (χ0n) is 10.1. The van der Waals surface area contributed by atoms with Crippen molar-refractivity contribution >= 4 is 23.4 Å². The summed E-state index contributed by atoms with van der Waals surface area (Å²) in [5.41, 5.74) is 1.90. The molecule has 2 atom stereocenters. The van der Waals surface area contributed by atoms with E-state index in [1.807, 2.05) is 25.1 Å². The second-order valence-electron chi connectivity index (χ2n) is 4.78. The van der Waals surface area contributed by atoms with Crippen LogP contribution in [-0.4, -0.2) is 31.3 Å². The van der Waals surface area contributed by atoms with E-state index in [2.05, 4.69) is 5.32 Å². The van der Waals surface area contributed by atoms with Gasteiger partial charge in [0.2, 0.25) is 0 Å². The maximum Gasteiger partial charge on any atom is 0.415 e. The van der Waals surface area contributed by atoms with Gasteiger partial charge in [-0.25, -0.2) is 4.79 Å². The Bertz CT molecular complexity index is 492. The summed E-state index contributed by atoms with van der Waals surface area (Å²) in [7, 11) is 0. The minimum Gasteiger partial charge on any atom is -0.442 e. The molecule has 96 valence electrons. The van der Waals surface area contributed by atoms with Crippen LogP contribution in [0.2, 0.25) is 5.02 Å². The lowest BCUT2D eigenvalue weighted by atomic mass is 10.0. The van der Waals surface area contributed by atoms with E-state index in [0.29, 0.717) is 5.02 Å². The summed E-state index contributed by atoms with van der Waals surface area (Å²) < 4.78 is 5.41. The van der Waals surface area contributed by atoms with Crippen molar-refractivity contribution in [3.8, 4) is 0 Å². The average Bonchev–Trinajstić information content (AvgIpc) is 2.68. The van der Waals surface area contributed by atoms with E-state index in [4.69, 9.17) is 16.3 Å². The summed E-state index contributed by atoms with van der Waals surface area (Å²) in [5.74, 6) is 0. The van der Waals surface area contributed by atoms with Gasteiger partial charge >= 0.3 is 6.09 Å². The molecule has 0 saturated carbocycles. The fourth-order valence-electron chi connectivity index (χ4n) is 2.67. The first-order valence-corrected chi connectivity index (χ1v) is 6.51. The molecule has 2 unspecified atom stereocenters. The highest BCUT2D eigenvalue weighted by Crippen LogP contribution is 2.33. The molecule has 0 aromatic heterocycles. The van der Waals surface area contributed by atoms with Gasteiger partial charge in [-0.2, -0.15) is 0 Å². The maximum absolute atomic E-state index is 12.0. The number of fused-ring (bicyclic) bond motifs is 1. The molecule has 1 N–H and O–H groups in total. The third kappa shape index (κ3) is 1.85. The zero-order valence-corrected chi connectivity index (χ0v) is 10.9. The van der Waals surface area contributed by atoms with Crippen molar-refractivity contribution < 1.29 is 9.53 Å². The molecule has 2 heterocycles. The van der Waals surface area contributed by atoms with Crippen molar-refractivity contribution in [2.45, 2.75) is 25.5 Å². The van der Waals surface area contributed by atoms with Crippen LogP contribution in [0.3, 0.4) is 0 Å². The first-order valence-electron chi connectivity index (χ1n) is 6.13. The van der Waals surface area contributed by atoms with E-state index >= 15 is 0 Å². The van der Waals surface area contributed by atoms with Crippen LogP contribution in [0.4, 0.5) is 10.5 Å². The number of rotatable bonds is 1. The van der Waals surface area contributed by atoms with Gasteiger partial charge in [0.25, 0.3) is 0 Å². The molecule has 2 saturated heterocycles. The summed E-state index contributed by atoms with van der Waals surface area (Å²) in [4.78, 5) is 13.8. The molecular weight excluding hydrogens is 252 g/mol. The molecule has 2 fully saturated rings. The van der Waals surface area contributed by atoms with E-state index in [1.54, 1.807) is 4.90 Å². The number of benzene rings is 1. The van der Waals surface area contributed by atoms with E-state index in [-0.39, 0.29) is 18.2 Å². The van der Waals surface area contributed by atoms with Crippen LogP contribution in [-0.2, 0) is 4.74 Å². The van der Waals surface area contributed by atoms with Crippen molar-refractivity contribution in [3.05, 3.63) is 28.8 Å². The normalized spacial score (nSPS) is 27.0. The second-order valence-corrected chi connectivity index (χ2v) is 5.22. The number of anilines is 1. The first kappa shape index (κ1) is 11.8. The molecule has 4 nitrogen and oxygen atoms in total. The van der Waals surface area contributed by atoms with E-state index < -0.39 is 0 Å². The quantitative estimate of drug-likeness (QED) is 0.848. The summed E-state index contributed by atoms with van der Waals surface area (Å²) in [6.45, 7) is 3.62. The average molecular weight is 267 g/mol. The van der Waals surface area contributed by atoms with Gasteiger partial charge in [-0.05, 0) is 37.6 Å². The Kier molecular flexibility index (Phi) is 2.92. The van der Waals surface area contributed by atoms with E-state index in [0.717, 1.165) is 30.8 Å². The number of carbonyl (C=O) groups excluding carboxylic acids is 1. The van der Waals surface area contributed by atoms with Crippen LogP contribution >= 0.6 is 11.6 Å². The molecule has 3 rings (SSSR count). The van der Waals surface area contributed by atoms with Gasteiger partial charge in [0.15, 0.2) is 0 Å². The number of aryl methyl sites for hydroxylation is 1. The Balaban J connectivity index is 1.99. The molecule has 2 aliphatic rings. The Labute approximate surface area is 111 Å². The molecule has 18 heavy (non-hydrogen) atoms. The fourth-order valence-corrected chi connectivity index (χ4v) is 2.84. The number of hydrogen-bond donors (Lipinski definition) is 1. The number of piperidine rings is 1. The lowest BCUT2D eigenvalue weighted by Gasteiger charge is -2.29. The molecule has 0 aliphatic carbocycles. The Morgan fingerprint density at radius 3 is 3.17 bits per heavy atom. The number of nitrogens with one attached hydrogen (secondary N) is 1. The smallest absolute Gasteiger partial charge is 0.415 e. The molecule has 0 radical (unpaired) electrons. The SMILES string of the molecule is Cc1ccc(Cl)cc1N1C(=O)OC2CNCCC21. The molecule has 5 heteroatoms. The van der Waals surface area contributed by atoms with Crippen molar-refractivity contribution in [1.29, 1.82) is 0 Å². The highest BCUT2D eigenvalue weighted by molar-refractivity contribution is 6.31. The summed E-state index contributed by atoms with van der Waals surface area (Å²) in [6.07, 6.45) is 0.589. The van der Waals surface area contributed by atoms with Crippen molar-refractivity contribution in [2.75, 3.05) is 18.0 Å². The number of amides is 1. The van der Waals surface area contributed by atoms with E-state index in [1.165, 1.54) is 0 Å². The van der Waals surface area contributed by atoms with Gasteiger partial charge in [0, 0.05) is 11.6 Å². The summed E-state index contributed by atoms with van der Waals surface area (Å²) in [5, 5.41) is 3.88. The monoisotopic (exact) mass is 266 g/mol. The molecule has 0 bridgehead atoms. The number of hydrogen-bond acceptors (Lipinski definition) is 3. The van der Waals surface area contributed by atoms with Gasteiger partial charge < -0.3 is 10.1 Å². The summed E-state index contributed by atoms with van der Waals surface area (Å²) in [6, 6.07) is 5.72. The van der Waals surface area contributed by atoms with Crippen molar-refractivity contribution in [3.63, 3.8) is 0 Å². The fraction of sp³-hybridized carbons (Fsp3) is 0.462. The van der Waals surface area contributed by atoms with Gasteiger partial charge in [-0.15, -0.1) is 0 Å². The standard InChI is InChI=1S/C13H15ClN2O2/c1-8-2-3-9(14)6-11(8)16-10-4-5-15-7-12(10)18-13(16)17/h2-3,6,10,12,15H,4-5,7H2,1H3. The molecule has 1 aromatic carbocycles. The lowest BCUT2D eigenvalue weighted by molar-refractivity contribution is 0.121. The molecule has 2 aliphatic heterocycles. The first-order chi connectivity index (χ1) is 8.66. The minimum absolute atomic E-state index is 0.0513. The van der Waals surface area contributed by atoms with Crippen LogP contribution in [0.15, 0.2) is 18.2 Å². The minimum atomic E-state index is -0.265. The molecular formula is C13H15ClN2O2. The largest absolute Gasteiger partial charge is 0.442 e. The van der Waals surface area contributed by atoms with Gasteiger partial charge in [0.1, 0.15) is 6.10 Å². The van der Waals surface area contributed by atoms with Gasteiger partial charge in [-0.1, -0.05) is 17.7 Å². The topological polar surface area (TPSA) is 41.6 Å².